The summed E-state index contributed by atoms with van der Waals surface area (Å²) in [6.07, 6.45) is 2.04. The third-order valence-electron chi connectivity index (χ3n) is 3.68. The highest BCUT2D eigenvalue weighted by atomic mass is 35.5. The number of aryl methyl sites for hydroxylation is 1. The topological polar surface area (TPSA) is 38.1 Å². The number of amides is 1. The first-order chi connectivity index (χ1) is 10.1. The molecule has 4 nitrogen and oxygen atoms in total. The number of likely N-dealkylation sites (tertiary alicyclic amines) is 1. The van der Waals surface area contributed by atoms with Gasteiger partial charge in [0.05, 0.1) is 16.9 Å². The van der Waals surface area contributed by atoms with E-state index in [-0.39, 0.29) is 16.9 Å². The average Bonchev–Trinajstić information content (AvgIpc) is 3.08. The number of aromatic nitrogens is 2. The van der Waals surface area contributed by atoms with E-state index in [0.717, 1.165) is 25.9 Å². The van der Waals surface area contributed by atoms with Crippen LogP contribution in [0.2, 0.25) is 5.15 Å². The summed E-state index contributed by atoms with van der Waals surface area (Å²) >= 11 is 6.34. The number of halogens is 2. The van der Waals surface area contributed by atoms with Crippen molar-refractivity contribution in [2.45, 2.75) is 19.8 Å². The summed E-state index contributed by atoms with van der Waals surface area (Å²) in [6, 6.07) is 5.84. The van der Waals surface area contributed by atoms with Crippen molar-refractivity contribution in [2.75, 3.05) is 13.1 Å². The van der Waals surface area contributed by atoms with Crippen LogP contribution in [0, 0.1) is 12.7 Å². The second-order valence-electron chi connectivity index (χ2n) is 5.14. The molecular weight excluding hydrogens is 293 g/mol. The Morgan fingerprint density at radius 1 is 1.24 bits per heavy atom. The molecule has 0 bridgehead atoms. The van der Waals surface area contributed by atoms with Gasteiger partial charge in [0.25, 0.3) is 5.91 Å². The summed E-state index contributed by atoms with van der Waals surface area (Å²) in [6.45, 7) is 3.28. The van der Waals surface area contributed by atoms with E-state index < -0.39 is 0 Å². The lowest BCUT2D eigenvalue weighted by atomic mass is 10.2. The van der Waals surface area contributed by atoms with Crippen LogP contribution < -0.4 is 0 Å². The Morgan fingerprint density at radius 3 is 2.48 bits per heavy atom. The minimum Gasteiger partial charge on any atom is -0.338 e. The van der Waals surface area contributed by atoms with E-state index in [4.69, 9.17) is 11.6 Å². The molecule has 0 aliphatic carbocycles. The number of hydrogen-bond donors (Lipinski definition) is 0. The summed E-state index contributed by atoms with van der Waals surface area (Å²) in [5.74, 6) is -0.407. The van der Waals surface area contributed by atoms with Crippen LogP contribution in [0.1, 0.15) is 28.9 Å². The van der Waals surface area contributed by atoms with Crippen molar-refractivity contribution in [1.29, 1.82) is 0 Å². The van der Waals surface area contributed by atoms with Gasteiger partial charge in [0.1, 0.15) is 11.0 Å². The number of hydrogen-bond acceptors (Lipinski definition) is 2. The van der Waals surface area contributed by atoms with Gasteiger partial charge in [0.2, 0.25) is 0 Å². The van der Waals surface area contributed by atoms with Crippen LogP contribution in [-0.2, 0) is 0 Å². The maximum atomic E-state index is 13.0. The van der Waals surface area contributed by atoms with Gasteiger partial charge in [-0.2, -0.15) is 5.10 Å². The van der Waals surface area contributed by atoms with Gasteiger partial charge >= 0.3 is 0 Å². The van der Waals surface area contributed by atoms with Crippen LogP contribution >= 0.6 is 11.6 Å². The molecule has 1 fully saturated rings. The molecule has 6 heteroatoms. The van der Waals surface area contributed by atoms with Crippen LogP contribution in [0.15, 0.2) is 24.3 Å². The first kappa shape index (κ1) is 14.1. The maximum Gasteiger partial charge on any atom is 0.258 e. The number of carbonyl (C=O) groups excluding carboxylic acids is 1. The van der Waals surface area contributed by atoms with E-state index in [0.29, 0.717) is 16.9 Å². The van der Waals surface area contributed by atoms with E-state index in [9.17, 15) is 9.18 Å². The molecule has 1 aliphatic heterocycles. The van der Waals surface area contributed by atoms with Gasteiger partial charge in [-0.25, -0.2) is 9.07 Å². The van der Waals surface area contributed by atoms with Crippen molar-refractivity contribution in [2.24, 2.45) is 0 Å². The molecule has 0 saturated carbocycles. The lowest BCUT2D eigenvalue weighted by molar-refractivity contribution is 0.0792. The lowest BCUT2D eigenvalue weighted by Gasteiger charge is -2.14. The fraction of sp³-hybridized carbons (Fsp3) is 0.333. The largest absolute Gasteiger partial charge is 0.338 e. The molecule has 2 heterocycles. The van der Waals surface area contributed by atoms with Crippen molar-refractivity contribution in [3.63, 3.8) is 0 Å². The molecule has 2 aromatic rings. The Labute approximate surface area is 127 Å². The van der Waals surface area contributed by atoms with Gasteiger partial charge < -0.3 is 4.90 Å². The number of benzene rings is 1. The smallest absolute Gasteiger partial charge is 0.258 e. The molecule has 1 aromatic carbocycles. The molecule has 1 aliphatic rings. The fourth-order valence-electron chi connectivity index (χ4n) is 2.57. The molecule has 0 atom stereocenters. The average molecular weight is 308 g/mol. The molecule has 1 saturated heterocycles. The Balaban J connectivity index is 1.99. The quantitative estimate of drug-likeness (QED) is 0.854. The van der Waals surface area contributed by atoms with E-state index >= 15 is 0 Å². The van der Waals surface area contributed by atoms with Gasteiger partial charge in [-0.05, 0) is 44.0 Å². The predicted molar refractivity (Wildman–Crippen MR) is 78.4 cm³/mol. The highest BCUT2D eigenvalue weighted by Crippen LogP contribution is 2.26. The number of rotatable bonds is 2. The predicted octanol–water partition coefficient (Wildman–Crippen LogP) is 3.21. The van der Waals surface area contributed by atoms with Crippen LogP contribution in [-0.4, -0.2) is 33.7 Å². The van der Waals surface area contributed by atoms with E-state index in [2.05, 4.69) is 5.10 Å². The fourth-order valence-corrected chi connectivity index (χ4v) is 2.93. The molecule has 0 spiro atoms. The molecule has 0 N–H and O–H groups in total. The summed E-state index contributed by atoms with van der Waals surface area (Å²) in [5, 5.41) is 4.59. The molecule has 21 heavy (non-hydrogen) atoms. The minimum absolute atomic E-state index is 0.0802. The van der Waals surface area contributed by atoms with Gasteiger partial charge in [0.15, 0.2) is 0 Å². The number of carbonyl (C=O) groups is 1. The summed E-state index contributed by atoms with van der Waals surface area (Å²) in [7, 11) is 0. The van der Waals surface area contributed by atoms with Crippen molar-refractivity contribution in [3.05, 3.63) is 46.5 Å². The Bertz CT molecular complexity index is 675. The molecular formula is C15H15ClFN3O. The van der Waals surface area contributed by atoms with Gasteiger partial charge in [-0.3, -0.25) is 4.79 Å². The van der Waals surface area contributed by atoms with Crippen molar-refractivity contribution < 1.29 is 9.18 Å². The molecule has 1 aromatic heterocycles. The zero-order valence-electron chi connectivity index (χ0n) is 11.6. The van der Waals surface area contributed by atoms with E-state index in [1.807, 2.05) is 0 Å². The SMILES string of the molecule is Cc1nn(-c2ccc(F)cc2)c(Cl)c1C(=O)N1CCCC1. The summed E-state index contributed by atoms with van der Waals surface area (Å²) in [4.78, 5) is 14.3. The third kappa shape index (κ3) is 2.53. The van der Waals surface area contributed by atoms with Gasteiger partial charge in [0, 0.05) is 13.1 Å². The third-order valence-corrected chi connectivity index (χ3v) is 4.03. The van der Waals surface area contributed by atoms with Crippen molar-refractivity contribution in [1.82, 2.24) is 14.7 Å². The normalized spacial score (nSPS) is 14.7. The van der Waals surface area contributed by atoms with Crippen LogP contribution in [0.4, 0.5) is 4.39 Å². The van der Waals surface area contributed by atoms with Crippen LogP contribution in [0.25, 0.3) is 5.69 Å². The van der Waals surface area contributed by atoms with E-state index in [1.54, 1.807) is 24.0 Å². The van der Waals surface area contributed by atoms with Crippen molar-refractivity contribution in [3.8, 4) is 5.69 Å². The molecule has 110 valence electrons. The molecule has 0 radical (unpaired) electrons. The van der Waals surface area contributed by atoms with Crippen LogP contribution in [0.5, 0.6) is 0 Å². The second kappa shape index (κ2) is 5.48. The van der Waals surface area contributed by atoms with Crippen molar-refractivity contribution >= 4 is 17.5 Å². The molecule has 0 unspecified atom stereocenters. The first-order valence-corrected chi connectivity index (χ1v) is 7.26. The van der Waals surface area contributed by atoms with Crippen LogP contribution in [0.3, 0.4) is 0 Å². The monoisotopic (exact) mass is 307 g/mol. The van der Waals surface area contributed by atoms with E-state index in [1.165, 1.54) is 16.8 Å². The number of nitrogens with zero attached hydrogens (tertiary/aromatic N) is 3. The summed E-state index contributed by atoms with van der Waals surface area (Å²) < 4.78 is 14.5. The Kier molecular flexibility index (Phi) is 3.68. The summed E-state index contributed by atoms with van der Waals surface area (Å²) in [5.41, 5.74) is 1.65. The lowest BCUT2D eigenvalue weighted by Crippen LogP contribution is -2.28. The zero-order valence-corrected chi connectivity index (χ0v) is 12.4. The first-order valence-electron chi connectivity index (χ1n) is 6.88. The Morgan fingerprint density at radius 2 is 1.86 bits per heavy atom. The highest BCUT2D eigenvalue weighted by Gasteiger charge is 2.27. The Hall–Kier alpha value is -1.88. The highest BCUT2D eigenvalue weighted by molar-refractivity contribution is 6.33. The van der Waals surface area contributed by atoms with Gasteiger partial charge in [-0.15, -0.1) is 0 Å². The molecule has 3 rings (SSSR count). The molecule has 1 amide bonds. The minimum atomic E-state index is -0.327. The maximum absolute atomic E-state index is 13.0. The standard InChI is InChI=1S/C15H15ClFN3O/c1-10-13(15(21)19-8-2-3-9-19)14(16)20(18-10)12-6-4-11(17)5-7-12/h4-7H,2-3,8-9H2,1H3. The zero-order chi connectivity index (χ0) is 15.0. The second-order valence-corrected chi connectivity index (χ2v) is 5.50. The van der Waals surface area contributed by atoms with Gasteiger partial charge in [-0.1, -0.05) is 11.6 Å².